The molecule has 4 aromatic heterocycles. The second-order valence-electron chi connectivity index (χ2n) is 32.7. The van der Waals surface area contributed by atoms with Crippen LogP contribution in [0.1, 0.15) is 0 Å². The quantitative estimate of drug-likeness (QED) is 0.105. The van der Waals surface area contributed by atoms with Crippen molar-refractivity contribution in [1.82, 2.24) is 29.9 Å². The first-order valence-corrected chi connectivity index (χ1v) is 42.7. The minimum absolute atomic E-state index is 0.562. The molecule has 25 rings (SSSR count). The third-order valence-corrected chi connectivity index (χ3v) is 25.3. The summed E-state index contributed by atoms with van der Waals surface area (Å²) in [6.45, 7) is 0. The molecule has 21 aromatic carbocycles. The van der Waals surface area contributed by atoms with E-state index in [2.05, 4.69) is 425 Å². The number of benzene rings is 21. The van der Waals surface area contributed by atoms with E-state index in [0.717, 1.165) is 209 Å². The van der Waals surface area contributed by atoms with Crippen LogP contribution in [0.3, 0.4) is 0 Å². The normalized spacial score (nSPS) is 11.8. The van der Waals surface area contributed by atoms with Crippen LogP contribution in [0.5, 0.6) is 0 Å². The molecular weight excluding hydrogens is 1530 g/mol. The number of fused-ring (bicyclic) bond motifs is 14. The summed E-state index contributed by atoms with van der Waals surface area (Å²) in [5, 5.41) is 20.0. The molecule has 0 unspecified atom stereocenters. The third kappa shape index (κ3) is 12.4. The predicted molar refractivity (Wildman–Crippen MR) is 521 cm³/mol. The molecule has 0 atom stereocenters. The number of aromatic nitrogens is 6. The van der Waals surface area contributed by atoms with Crippen LogP contribution in [-0.4, -0.2) is 29.9 Å². The summed E-state index contributed by atoms with van der Waals surface area (Å²) in [4.78, 5) is 32.1. The van der Waals surface area contributed by atoms with E-state index in [-0.39, 0.29) is 0 Å². The van der Waals surface area contributed by atoms with E-state index in [1.165, 1.54) is 21.7 Å². The van der Waals surface area contributed by atoms with Gasteiger partial charge in [0.05, 0.1) is 0 Å². The van der Waals surface area contributed by atoms with Crippen molar-refractivity contribution in [3.8, 4) is 146 Å². The summed E-state index contributed by atoms with van der Waals surface area (Å²) < 4.78 is 14.3. The molecule has 584 valence electrons. The summed E-state index contributed by atoms with van der Waals surface area (Å²) in [5.74, 6) is 3.51. The van der Waals surface area contributed by atoms with Crippen molar-refractivity contribution < 1.29 is 8.83 Å². The summed E-state index contributed by atoms with van der Waals surface area (Å²) in [6, 6.07) is 151. The van der Waals surface area contributed by atoms with E-state index >= 15 is 0 Å². The SMILES string of the molecule is c1ccc(-c2ccc(-c3ccc(-c4ccc(-c5nc(-c6ccc(-c7ccccc7-c7cccc(-c8ccc(-c9ccc(-c%10nc(-c%11ccc%12ccccc%12c%11)nc(-c%11ccc%12ccccc%12c%11)n%10)cc9)c9c8oc8cc%10ccccc%10cc89)c7)cc6)nc(-c6ccc7c(ccc8ccccc87)c6)n5)c5ccccc45)c4c3oc3cc5ccccc5cc34)cc2)cc1. The van der Waals surface area contributed by atoms with Crippen molar-refractivity contribution in [3.63, 3.8) is 0 Å². The van der Waals surface area contributed by atoms with Gasteiger partial charge in [0.15, 0.2) is 34.9 Å². The highest BCUT2D eigenvalue weighted by Gasteiger charge is 2.26. The number of rotatable bonds is 13. The molecule has 0 aliphatic heterocycles. The maximum absolute atomic E-state index is 7.20. The van der Waals surface area contributed by atoms with Gasteiger partial charge in [-0.3, -0.25) is 0 Å². The van der Waals surface area contributed by atoms with Crippen molar-refractivity contribution in [2.45, 2.75) is 0 Å². The largest absolute Gasteiger partial charge is 0.455 e. The van der Waals surface area contributed by atoms with Crippen molar-refractivity contribution in [1.29, 1.82) is 0 Å². The van der Waals surface area contributed by atoms with Gasteiger partial charge in [-0.15, -0.1) is 0 Å². The van der Waals surface area contributed by atoms with E-state index in [1.807, 2.05) is 0 Å². The molecule has 0 saturated heterocycles. The Balaban J connectivity index is 0.576. The molecule has 8 heteroatoms. The molecule has 25 aromatic rings. The fraction of sp³-hybridized carbons (Fsp3) is 0. The van der Waals surface area contributed by atoms with Gasteiger partial charge in [-0.05, 0) is 209 Å². The fourth-order valence-electron chi connectivity index (χ4n) is 19.0. The van der Waals surface area contributed by atoms with E-state index in [4.69, 9.17) is 38.7 Å². The second-order valence-corrected chi connectivity index (χ2v) is 32.7. The first-order valence-electron chi connectivity index (χ1n) is 42.7. The van der Waals surface area contributed by atoms with Gasteiger partial charge >= 0.3 is 0 Å². The minimum Gasteiger partial charge on any atom is -0.455 e. The highest BCUT2D eigenvalue weighted by molar-refractivity contribution is 6.22. The predicted octanol–water partition coefficient (Wildman–Crippen LogP) is 31.6. The lowest BCUT2D eigenvalue weighted by Crippen LogP contribution is -2.01. The Labute approximate surface area is 724 Å². The summed E-state index contributed by atoms with van der Waals surface area (Å²) in [7, 11) is 0. The lowest BCUT2D eigenvalue weighted by molar-refractivity contribution is 0.670. The van der Waals surface area contributed by atoms with E-state index in [9.17, 15) is 0 Å². The number of nitrogens with zero attached hydrogens (tertiary/aromatic N) is 6. The van der Waals surface area contributed by atoms with E-state index in [0.29, 0.717) is 34.9 Å². The van der Waals surface area contributed by atoms with Crippen LogP contribution in [0.15, 0.2) is 433 Å². The Kier molecular flexibility index (Phi) is 16.8. The maximum atomic E-state index is 7.20. The summed E-state index contributed by atoms with van der Waals surface area (Å²) in [6.07, 6.45) is 0. The Morgan fingerprint density at radius 3 is 1.02 bits per heavy atom. The third-order valence-electron chi connectivity index (χ3n) is 25.3. The topological polar surface area (TPSA) is 104 Å². The monoisotopic (exact) mass is 1600 g/mol. The Bertz CT molecular complexity index is 8680. The minimum atomic E-state index is 0.562. The van der Waals surface area contributed by atoms with Crippen LogP contribution < -0.4 is 0 Å². The fourth-order valence-corrected chi connectivity index (χ4v) is 19.0. The van der Waals surface area contributed by atoms with Gasteiger partial charge in [0.1, 0.15) is 22.3 Å². The van der Waals surface area contributed by atoms with Gasteiger partial charge in [-0.2, -0.15) is 0 Å². The molecule has 0 aliphatic rings. The zero-order chi connectivity index (χ0) is 82.9. The lowest BCUT2D eigenvalue weighted by atomic mass is 9.90. The van der Waals surface area contributed by atoms with Crippen LogP contribution >= 0.6 is 0 Å². The van der Waals surface area contributed by atoms with Crippen molar-refractivity contribution >= 4 is 119 Å². The zero-order valence-electron chi connectivity index (χ0n) is 67.9. The van der Waals surface area contributed by atoms with Crippen LogP contribution in [0.4, 0.5) is 0 Å². The molecule has 0 spiro atoms. The standard InChI is InChI=1S/C118H70N6O2/c1-2-19-71(20-3-1)74-37-41-78(42-38-74)98-59-61-103(110-106-68-84-27-9-11-29-86(84)70-108(106)125-111(98)110)102-60-62-104(101-36-17-16-35-100(101)102)118-123-114(121-117(124-118)92-55-56-96-89(66-92)52-47-75-23-12-13-32-93(75)96)80-48-43-76(44-49-80)94-33-14-15-34-95(94)87-30-18-31-88(65-87)99-58-57-97(109-105-67-83-26-8-10-28-85(83)69-107(105)126-112(99)109)77-45-50-79(51-46-77)113-119-115(90-53-39-72-21-4-6-24-81(72)63-90)122-116(120-113)91-54-40-73-22-5-7-25-82(73)64-91/h1-70H. The summed E-state index contributed by atoms with van der Waals surface area (Å²) >= 11 is 0. The van der Waals surface area contributed by atoms with E-state index < -0.39 is 0 Å². The van der Waals surface area contributed by atoms with Gasteiger partial charge in [0.25, 0.3) is 0 Å². The van der Waals surface area contributed by atoms with Gasteiger partial charge in [-0.25, -0.2) is 29.9 Å². The Morgan fingerprint density at radius 2 is 0.452 bits per heavy atom. The van der Waals surface area contributed by atoms with Crippen LogP contribution in [-0.2, 0) is 0 Å². The maximum Gasteiger partial charge on any atom is 0.164 e. The molecule has 8 nitrogen and oxygen atoms in total. The van der Waals surface area contributed by atoms with E-state index in [1.54, 1.807) is 0 Å². The molecule has 0 amide bonds. The highest BCUT2D eigenvalue weighted by atomic mass is 16.3. The molecule has 0 radical (unpaired) electrons. The van der Waals surface area contributed by atoms with Gasteiger partial charge in [0.2, 0.25) is 0 Å². The van der Waals surface area contributed by atoms with Gasteiger partial charge < -0.3 is 8.83 Å². The second kappa shape index (κ2) is 29.5. The first-order chi connectivity index (χ1) is 62.4. The highest BCUT2D eigenvalue weighted by Crippen LogP contribution is 2.49. The first kappa shape index (κ1) is 71.9. The molecular formula is C118H70N6O2. The number of furan rings is 2. The molecule has 0 N–H and O–H groups in total. The lowest BCUT2D eigenvalue weighted by Gasteiger charge is -2.15. The zero-order valence-corrected chi connectivity index (χ0v) is 67.9. The van der Waals surface area contributed by atoms with Crippen LogP contribution in [0.25, 0.3) is 265 Å². The van der Waals surface area contributed by atoms with Crippen molar-refractivity contribution in [2.24, 2.45) is 0 Å². The molecule has 0 aliphatic carbocycles. The Morgan fingerprint density at radius 1 is 0.135 bits per heavy atom. The van der Waals surface area contributed by atoms with Crippen LogP contribution in [0.2, 0.25) is 0 Å². The van der Waals surface area contributed by atoms with Crippen LogP contribution in [0, 0.1) is 0 Å². The average molecular weight is 1600 g/mol. The molecule has 0 fully saturated rings. The number of hydrogen-bond donors (Lipinski definition) is 0. The number of hydrogen-bond acceptors (Lipinski definition) is 8. The molecule has 126 heavy (non-hydrogen) atoms. The molecule has 4 heterocycles. The van der Waals surface area contributed by atoms with Crippen molar-refractivity contribution in [2.75, 3.05) is 0 Å². The van der Waals surface area contributed by atoms with Gasteiger partial charge in [0, 0.05) is 66.1 Å². The molecule has 0 saturated carbocycles. The smallest absolute Gasteiger partial charge is 0.164 e. The van der Waals surface area contributed by atoms with Crippen molar-refractivity contribution in [3.05, 3.63) is 425 Å². The van der Waals surface area contributed by atoms with Gasteiger partial charge in [-0.1, -0.05) is 358 Å². The summed E-state index contributed by atoms with van der Waals surface area (Å²) in [5.41, 5.74) is 23.7. The molecule has 0 bridgehead atoms. The Hall–Kier alpha value is -16.9. The average Bonchev–Trinajstić information content (AvgIpc) is 1.53.